The Morgan fingerprint density at radius 2 is 1.87 bits per heavy atom. The molecule has 1 aromatic heterocycles. The molecular formula is C13H21BrS. The van der Waals surface area contributed by atoms with E-state index in [-0.39, 0.29) is 5.41 Å². The molecule has 0 aromatic carbocycles. The smallest absolute Gasteiger partial charge is 0.0491 e. The fourth-order valence-corrected chi connectivity index (χ4v) is 3.69. The molecule has 0 amide bonds. The Hall–Kier alpha value is 0.180. The number of hydrogen-bond acceptors (Lipinski definition) is 1. The van der Waals surface area contributed by atoms with Crippen LogP contribution in [0.5, 0.6) is 0 Å². The van der Waals surface area contributed by atoms with Gasteiger partial charge in [-0.3, -0.25) is 0 Å². The summed E-state index contributed by atoms with van der Waals surface area (Å²) in [6, 6.07) is 4.54. The third-order valence-electron chi connectivity index (χ3n) is 2.35. The van der Waals surface area contributed by atoms with E-state index in [1.165, 1.54) is 16.2 Å². The molecule has 1 heterocycles. The van der Waals surface area contributed by atoms with Crippen LogP contribution in [0.2, 0.25) is 0 Å². The fraction of sp³-hybridized carbons (Fsp3) is 0.692. The van der Waals surface area contributed by atoms with Crippen LogP contribution in [0.1, 0.15) is 55.6 Å². The highest BCUT2D eigenvalue weighted by Gasteiger charge is 2.18. The predicted octanol–water partition coefficient (Wildman–Crippen LogP) is 5.53. The minimum atomic E-state index is 0.285. The average molecular weight is 289 g/mol. The first-order chi connectivity index (χ1) is 6.80. The van der Waals surface area contributed by atoms with E-state index < -0.39 is 0 Å². The molecule has 0 spiro atoms. The number of alkyl halides is 1. The second kappa shape index (κ2) is 5.01. The molecule has 0 saturated carbocycles. The summed E-state index contributed by atoms with van der Waals surface area (Å²) >= 11 is 5.72. The van der Waals surface area contributed by atoms with Gasteiger partial charge in [-0.2, -0.15) is 0 Å². The highest BCUT2D eigenvalue weighted by molar-refractivity contribution is 9.09. The molecule has 15 heavy (non-hydrogen) atoms. The molecule has 0 radical (unpaired) electrons. The maximum atomic E-state index is 3.78. The van der Waals surface area contributed by atoms with Gasteiger partial charge >= 0.3 is 0 Å². The van der Waals surface area contributed by atoms with Crippen molar-refractivity contribution in [2.45, 2.75) is 51.3 Å². The molecule has 0 fully saturated rings. The molecule has 0 aliphatic rings. The van der Waals surface area contributed by atoms with Crippen molar-refractivity contribution in [3.8, 4) is 0 Å². The lowest BCUT2D eigenvalue weighted by atomic mass is 9.95. The summed E-state index contributed by atoms with van der Waals surface area (Å²) in [5, 5.41) is 0. The van der Waals surface area contributed by atoms with Crippen LogP contribution >= 0.6 is 27.3 Å². The van der Waals surface area contributed by atoms with Crippen LogP contribution in [0.15, 0.2) is 12.1 Å². The van der Waals surface area contributed by atoms with Gasteiger partial charge in [0.2, 0.25) is 0 Å². The number of thiophene rings is 1. The van der Waals surface area contributed by atoms with Gasteiger partial charge in [-0.05, 0) is 29.9 Å². The minimum absolute atomic E-state index is 0.285. The summed E-state index contributed by atoms with van der Waals surface area (Å²) in [5.41, 5.74) is 0.285. The van der Waals surface area contributed by atoms with Crippen molar-refractivity contribution in [3.05, 3.63) is 21.9 Å². The minimum Gasteiger partial charge on any atom is -0.144 e. The van der Waals surface area contributed by atoms with Gasteiger partial charge in [0.05, 0.1) is 0 Å². The lowest BCUT2D eigenvalue weighted by Gasteiger charge is -2.16. The Labute approximate surface area is 106 Å². The lowest BCUT2D eigenvalue weighted by Crippen LogP contribution is -2.07. The number of rotatable bonds is 3. The van der Waals surface area contributed by atoms with Crippen LogP contribution in [0.3, 0.4) is 0 Å². The van der Waals surface area contributed by atoms with Crippen molar-refractivity contribution in [1.82, 2.24) is 0 Å². The quantitative estimate of drug-likeness (QED) is 0.642. The molecule has 0 aliphatic heterocycles. The standard InChI is InChI=1S/C13H21BrS/c1-9(2)8-10(14)11-6-7-12(15-11)13(3,4)5/h6-7,9-10H,8H2,1-5H3. The molecule has 1 unspecified atom stereocenters. The summed E-state index contributed by atoms with van der Waals surface area (Å²) < 4.78 is 0. The first-order valence-electron chi connectivity index (χ1n) is 5.55. The first-order valence-corrected chi connectivity index (χ1v) is 7.28. The molecule has 0 N–H and O–H groups in total. The van der Waals surface area contributed by atoms with Gasteiger partial charge in [0.15, 0.2) is 0 Å². The molecule has 1 atom stereocenters. The van der Waals surface area contributed by atoms with Crippen LogP contribution < -0.4 is 0 Å². The van der Waals surface area contributed by atoms with Crippen molar-refractivity contribution in [2.24, 2.45) is 5.92 Å². The van der Waals surface area contributed by atoms with Crippen LogP contribution in [0, 0.1) is 5.92 Å². The summed E-state index contributed by atoms with van der Waals surface area (Å²) in [4.78, 5) is 3.47. The Bertz CT molecular complexity index is 307. The zero-order valence-electron chi connectivity index (χ0n) is 10.3. The SMILES string of the molecule is CC(C)CC(Br)c1ccc(C(C)(C)C)s1. The maximum absolute atomic E-state index is 3.78. The summed E-state index contributed by atoms with van der Waals surface area (Å²) in [5.74, 6) is 0.745. The van der Waals surface area contributed by atoms with Gasteiger partial charge in [0.1, 0.15) is 0 Å². The second-order valence-corrected chi connectivity index (χ2v) is 7.77. The van der Waals surface area contributed by atoms with Crippen molar-refractivity contribution in [1.29, 1.82) is 0 Å². The van der Waals surface area contributed by atoms with Crippen molar-refractivity contribution in [3.63, 3.8) is 0 Å². The van der Waals surface area contributed by atoms with Crippen LogP contribution in [0.4, 0.5) is 0 Å². The van der Waals surface area contributed by atoms with E-state index in [2.05, 4.69) is 62.7 Å². The molecule has 0 saturated heterocycles. The van der Waals surface area contributed by atoms with E-state index in [1.807, 2.05) is 11.3 Å². The molecule has 2 heteroatoms. The van der Waals surface area contributed by atoms with Gasteiger partial charge in [-0.25, -0.2) is 0 Å². The van der Waals surface area contributed by atoms with Gasteiger partial charge in [0.25, 0.3) is 0 Å². The van der Waals surface area contributed by atoms with Crippen molar-refractivity contribution in [2.75, 3.05) is 0 Å². The third kappa shape index (κ3) is 3.92. The van der Waals surface area contributed by atoms with E-state index in [9.17, 15) is 0 Å². The number of hydrogen-bond donors (Lipinski definition) is 0. The van der Waals surface area contributed by atoms with E-state index in [0.717, 1.165) is 5.92 Å². The van der Waals surface area contributed by atoms with E-state index in [4.69, 9.17) is 0 Å². The maximum Gasteiger partial charge on any atom is 0.0491 e. The van der Waals surface area contributed by atoms with Crippen LogP contribution in [-0.2, 0) is 5.41 Å². The monoisotopic (exact) mass is 288 g/mol. The summed E-state index contributed by atoms with van der Waals surface area (Å²) in [6.07, 6.45) is 1.21. The van der Waals surface area contributed by atoms with Gasteiger partial charge in [-0.1, -0.05) is 50.5 Å². The molecule has 0 aliphatic carbocycles. The Kier molecular flexibility index (Phi) is 4.42. The van der Waals surface area contributed by atoms with Gasteiger partial charge in [-0.15, -0.1) is 11.3 Å². The van der Waals surface area contributed by atoms with Gasteiger partial charge < -0.3 is 0 Å². The van der Waals surface area contributed by atoms with Crippen molar-refractivity contribution < 1.29 is 0 Å². The second-order valence-electron chi connectivity index (χ2n) is 5.55. The Morgan fingerprint density at radius 3 is 2.27 bits per heavy atom. The normalized spacial score (nSPS) is 14.6. The molecule has 0 nitrogen and oxygen atoms in total. The summed E-state index contributed by atoms with van der Waals surface area (Å²) in [6.45, 7) is 11.4. The van der Waals surface area contributed by atoms with E-state index in [0.29, 0.717) is 4.83 Å². The molecule has 1 rings (SSSR count). The number of halogens is 1. The highest BCUT2D eigenvalue weighted by atomic mass is 79.9. The van der Waals surface area contributed by atoms with E-state index in [1.54, 1.807) is 0 Å². The topological polar surface area (TPSA) is 0 Å². The molecule has 1 aromatic rings. The van der Waals surface area contributed by atoms with Crippen molar-refractivity contribution >= 4 is 27.3 Å². The summed E-state index contributed by atoms with van der Waals surface area (Å²) in [7, 11) is 0. The Morgan fingerprint density at radius 1 is 1.27 bits per heavy atom. The zero-order valence-corrected chi connectivity index (χ0v) is 12.7. The average Bonchev–Trinajstić information content (AvgIpc) is 2.48. The van der Waals surface area contributed by atoms with Crippen LogP contribution in [-0.4, -0.2) is 0 Å². The predicted molar refractivity (Wildman–Crippen MR) is 74.1 cm³/mol. The molecular weight excluding hydrogens is 268 g/mol. The van der Waals surface area contributed by atoms with Gasteiger partial charge in [0, 0.05) is 14.6 Å². The molecule has 0 bridgehead atoms. The highest BCUT2D eigenvalue weighted by Crippen LogP contribution is 2.38. The zero-order chi connectivity index (χ0) is 11.6. The largest absolute Gasteiger partial charge is 0.144 e. The molecule has 86 valence electrons. The lowest BCUT2D eigenvalue weighted by molar-refractivity contribution is 0.587. The fourth-order valence-electron chi connectivity index (χ4n) is 1.45. The third-order valence-corrected chi connectivity index (χ3v) is 5.15. The first kappa shape index (κ1) is 13.2. The van der Waals surface area contributed by atoms with Crippen LogP contribution in [0.25, 0.3) is 0 Å². The van der Waals surface area contributed by atoms with E-state index >= 15 is 0 Å². The Balaban J connectivity index is 2.76.